The van der Waals surface area contributed by atoms with E-state index in [0.717, 1.165) is 0 Å². The number of ether oxygens (including phenoxy) is 3. The second kappa shape index (κ2) is 10.0. The molecule has 3 rings (SSSR count). The number of aromatic amines is 1. The molecule has 0 spiro atoms. The molecule has 9 nitrogen and oxygen atoms in total. The van der Waals surface area contributed by atoms with Crippen molar-refractivity contribution < 1.29 is 19.0 Å². The highest BCUT2D eigenvalue weighted by atomic mass is 79.9. The van der Waals surface area contributed by atoms with Crippen molar-refractivity contribution in [2.45, 2.75) is 20.0 Å². The third-order valence-electron chi connectivity index (χ3n) is 4.39. The van der Waals surface area contributed by atoms with E-state index in [4.69, 9.17) is 25.8 Å². The molecule has 0 aliphatic carbocycles. The number of benzene rings is 2. The minimum absolute atomic E-state index is 0.113. The van der Waals surface area contributed by atoms with E-state index in [0.29, 0.717) is 25.6 Å². The van der Waals surface area contributed by atoms with E-state index in [-0.39, 0.29) is 23.1 Å². The average Bonchev–Trinajstić information content (AvgIpc) is 2.78. The van der Waals surface area contributed by atoms with Crippen LogP contribution in [0.25, 0.3) is 10.9 Å². The molecular formula is C21H19BrClN3O6. The zero-order chi connectivity index (χ0) is 23.4. The third kappa shape index (κ3) is 4.71. The number of esters is 1. The minimum Gasteiger partial charge on any atom is -0.493 e. The van der Waals surface area contributed by atoms with Crippen molar-refractivity contribution in [3.63, 3.8) is 0 Å². The van der Waals surface area contributed by atoms with Crippen LogP contribution in [0.15, 0.2) is 49.5 Å². The summed E-state index contributed by atoms with van der Waals surface area (Å²) >= 11 is 9.78. The van der Waals surface area contributed by atoms with Crippen molar-refractivity contribution in [3.05, 3.63) is 66.2 Å². The summed E-state index contributed by atoms with van der Waals surface area (Å²) in [5.74, 6) is -0.211. The lowest BCUT2D eigenvalue weighted by Gasteiger charge is -2.18. The van der Waals surface area contributed by atoms with E-state index in [1.54, 1.807) is 31.2 Å². The van der Waals surface area contributed by atoms with Crippen molar-refractivity contribution in [1.29, 1.82) is 0 Å². The summed E-state index contributed by atoms with van der Waals surface area (Å²) in [6.45, 7) is 3.42. The van der Waals surface area contributed by atoms with Gasteiger partial charge in [-0.15, -0.1) is 4.68 Å². The molecule has 0 unspecified atom stereocenters. The quantitative estimate of drug-likeness (QED) is 0.375. The Hall–Kier alpha value is -3.11. The first-order chi connectivity index (χ1) is 15.3. The number of aromatic nitrogens is 2. The number of methoxy groups -OCH3 is 1. The maximum atomic E-state index is 12.6. The second-order valence-electron chi connectivity index (χ2n) is 6.47. The molecule has 3 aromatic rings. The lowest BCUT2D eigenvalue weighted by molar-refractivity contribution is -0.150. The second-order valence-corrected chi connectivity index (χ2v) is 7.65. The van der Waals surface area contributed by atoms with Gasteiger partial charge in [0.1, 0.15) is 5.02 Å². The van der Waals surface area contributed by atoms with E-state index < -0.39 is 23.3 Å². The Balaban J connectivity index is 2.01. The molecule has 1 N–H and O–H groups in total. The molecule has 11 heteroatoms. The zero-order valence-corrected chi connectivity index (χ0v) is 19.7. The predicted molar refractivity (Wildman–Crippen MR) is 124 cm³/mol. The summed E-state index contributed by atoms with van der Waals surface area (Å²) in [7, 11) is 1.40. The van der Waals surface area contributed by atoms with Gasteiger partial charge in [0, 0.05) is 10.0 Å². The lowest BCUT2D eigenvalue weighted by Crippen LogP contribution is -2.32. The highest BCUT2D eigenvalue weighted by molar-refractivity contribution is 9.10. The third-order valence-corrected chi connectivity index (χ3v) is 5.83. The van der Waals surface area contributed by atoms with E-state index in [9.17, 15) is 14.4 Å². The predicted octanol–water partition coefficient (Wildman–Crippen LogP) is 3.33. The molecular weight excluding hydrogens is 506 g/mol. The first kappa shape index (κ1) is 23.6. The Kier molecular flexibility index (Phi) is 7.37. The van der Waals surface area contributed by atoms with Crippen LogP contribution in [-0.4, -0.2) is 41.7 Å². The molecule has 0 fully saturated rings. The summed E-state index contributed by atoms with van der Waals surface area (Å²) < 4.78 is 17.0. The van der Waals surface area contributed by atoms with Crippen LogP contribution in [0, 0.1) is 0 Å². The van der Waals surface area contributed by atoms with Crippen LogP contribution < -0.4 is 20.7 Å². The maximum absolute atomic E-state index is 12.6. The van der Waals surface area contributed by atoms with Gasteiger partial charge in [-0.2, -0.15) is 5.10 Å². The fourth-order valence-electron chi connectivity index (χ4n) is 2.82. The number of H-pyrrole nitrogens is 1. The maximum Gasteiger partial charge on any atom is 0.349 e. The molecule has 0 radical (unpaired) electrons. The summed E-state index contributed by atoms with van der Waals surface area (Å²) in [6, 6.07) is 8.15. The summed E-state index contributed by atoms with van der Waals surface area (Å²) in [5, 5.41) is 4.45. The fourth-order valence-corrected chi connectivity index (χ4v) is 3.47. The monoisotopic (exact) mass is 523 g/mol. The van der Waals surface area contributed by atoms with Crippen LogP contribution in [0.5, 0.6) is 11.5 Å². The molecule has 0 aliphatic rings. The Bertz CT molecular complexity index is 1320. The summed E-state index contributed by atoms with van der Waals surface area (Å²) in [6.07, 6.45) is 0.352. The Morgan fingerprint density at radius 3 is 2.75 bits per heavy atom. The van der Waals surface area contributed by atoms with Gasteiger partial charge in [-0.05, 0) is 48.0 Å². The number of rotatable bonds is 7. The Labute approximate surface area is 195 Å². The van der Waals surface area contributed by atoms with Crippen LogP contribution in [0.4, 0.5) is 0 Å². The van der Waals surface area contributed by atoms with Crippen LogP contribution >= 0.6 is 27.5 Å². The van der Waals surface area contributed by atoms with E-state index in [2.05, 4.69) is 26.0 Å². The molecule has 1 atom stereocenters. The van der Waals surface area contributed by atoms with Gasteiger partial charge in [0.2, 0.25) is 0 Å². The summed E-state index contributed by atoms with van der Waals surface area (Å²) in [4.78, 5) is 39.5. The van der Waals surface area contributed by atoms with Gasteiger partial charge >= 0.3 is 11.7 Å². The van der Waals surface area contributed by atoms with E-state index in [1.807, 2.05) is 0 Å². The molecule has 168 valence electrons. The molecule has 0 bridgehead atoms. The number of hydrogen-bond donors (Lipinski definition) is 1. The summed E-state index contributed by atoms with van der Waals surface area (Å²) in [5.41, 5.74) is -0.445. The number of halogens is 2. The van der Waals surface area contributed by atoms with Crippen LogP contribution in [0.3, 0.4) is 0 Å². The molecule has 1 aromatic heterocycles. The zero-order valence-electron chi connectivity index (χ0n) is 17.3. The van der Waals surface area contributed by atoms with Crippen molar-refractivity contribution in [3.8, 4) is 11.5 Å². The standard InChI is InChI=1S/C21H19BrClN3O6/c1-4-31-20(28)11(2)32-18-15(30-3)9-12(16(22)17(18)23)10-24-26-19(27)13-7-5-6-8-14(13)25-21(26)29/h5-11H,4H2,1-3H3,(H,25,29)/t11-/m1/s1. The number of nitrogens with one attached hydrogen (secondary N) is 1. The van der Waals surface area contributed by atoms with E-state index >= 15 is 0 Å². The number of carbonyl (C=O) groups excluding carboxylic acids is 1. The SMILES string of the molecule is CCOC(=O)[C@@H](C)Oc1c(OC)cc(C=Nn2c(=O)[nH]c3ccccc3c2=O)c(Br)c1Cl. The van der Waals surface area contributed by atoms with Crippen LogP contribution in [0.1, 0.15) is 19.4 Å². The molecule has 0 amide bonds. The van der Waals surface area contributed by atoms with Gasteiger partial charge in [-0.25, -0.2) is 9.59 Å². The highest BCUT2D eigenvalue weighted by Gasteiger charge is 2.23. The van der Waals surface area contributed by atoms with Crippen LogP contribution in [-0.2, 0) is 9.53 Å². The molecule has 0 saturated heterocycles. The minimum atomic E-state index is -0.928. The molecule has 0 aliphatic heterocycles. The van der Waals surface area contributed by atoms with Crippen molar-refractivity contribution in [1.82, 2.24) is 9.66 Å². The Morgan fingerprint density at radius 1 is 1.34 bits per heavy atom. The largest absolute Gasteiger partial charge is 0.493 e. The molecule has 0 saturated carbocycles. The normalized spacial score (nSPS) is 12.2. The molecule has 1 heterocycles. The van der Waals surface area contributed by atoms with Gasteiger partial charge < -0.3 is 19.2 Å². The van der Waals surface area contributed by atoms with Crippen molar-refractivity contribution in [2.75, 3.05) is 13.7 Å². The Morgan fingerprint density at radius 2 is 2.06 bits per heavy atom. The average molecular weight is 525 g/mol. The fraction of sp³-hybridized carbons (Fsp3) is 0.238. The lowest BCUT2D eigenvalue weighted by atomic mass is 10.2. The number of carbonyl (C=O) groups is 1. The number of fused-ring (bicyclic) bond motifs is 1. The molecule has 32 heavy (non-hydrogen) atoms. The van der Waals surface area contributed by atoms with Crippen LogP contribution in [0.2, 0.25) is 5.02 Å². The highest BCUT2D eigenvalue weighted by Crippen LogP contribution is 2.42. The number of para-hydroxylation sites is 1. The van der Waals surface area contributed by atoms with Gasteiger partial charge in [0.15, 0.2) is 17.6 Å². The van der Waals surface area contributed by atoms with Gasteiger partial charge in [-0.1, -0.05) is 23.7 Å². The topological polar surface area (TPSA) is 112 Å². The first-order valence-electron chi connectivity index (χ1n) is 9.46. The molecule has 2 aromatic carbocycles. The first-order valence-corrected chi connectivity index (χ1v) is 10.6. The van der Waals surface area contributed by atoms with E-state index in [1.165, 1.54) is 26.3 Å². The van der Waals surface area contributed by atoms with Crippen molar-refractivity contribution >= 4 is 50.6 Å². The van der Waals surface area contributed by atoms with Gasteiger partial charge in [0.25, 0.3) is 5.56 Å². The number of hydrogen-bond acceptors (Lipinski definition) is 7. The smallest absolute Gasteiger partial charge is 0.349 e. The van der Waals surface area contributed by atoms with Gasteiger partial charge in [-0.3, -0.25) is 4.79 Å². The van der Waals surface area contributed by atoms with Gasteiger partial charge in [0.05, 0.1) is 30.8 Å². The van der Waals surface area contributed by atoms with Crippen molar-refractivity contribution in [2.24, 2.45) is 5.10 Å². The number of nitrogens with zero attached hydrogens (tertiary/aromatic N) is 2.